The minimum absolute atomic E-state index is 0.386. The van der Waals surface area contributed by atoms with Gasteiger partial charge in [0.1, 0.15) is 0 Å². The zero-order valence-corrected chi connectivity index (χ0v) is 8.41. The second-order valence-electron chi connectivity index (χ2n) is 3.29. The Morgan fingerprint density at radius 3 is 2.86 bits per heavy atom. The summed E-state index contributed by atoms with van der Waals surface area (Å²) in [6.45, 7) is 0. The number of ether oxygens (including phenoxy) is 2. The van der Waals surface area contributed by atoms with Crippen molar-refractivity contribution in [3.8, 4) is 11.6 Å². The second kappa shape index (κ2) is 3.74. The van der Waals surface area contributed by atoms with E-state index in [0.29, 0.717) is 12.0 Å². The highest BCUT2D eigenvalue weighted by Crippen LogP contribution is 2.32. The second-order valence-corrected chi connectivity index (χ2v) is 3.29. The van der Waals surface area contributed by atoms with Crippen LogP contribution in [0.1, 0.15) is 12.8 Å². The van der Waals surface area contributed by atoms with Crippen LogP contribution in [0.3, 0.4) is 0 Å². The van der Waals surface area contributed by atoms with Gasteiger partial charge >= 0.3 is 0 Å². The van der Waals surface area contributed by atoms with Crippen LogP contribution >= 0.6 is 0 Å². The Hall–Kier alpha value is -1.45. The summed E-state index contributed by atoms with van der Waals surface area (Å²) in [4.78, 5) is 4.10. The Bertz CT molecular complexity index is 324. The van der Waals surface area contributed by atoms with Crippen molar-refractivity contribution in [2.24, 2.45) is 0 Å². The van der Waals surface area contributed by atoms with Gasteiger partial charge in [-0.15, -0.1) is 0 Å². The first-order valence-corrected chi connectivity index (χ1v) is 4.72. The molecule has 1 heterocycles. The molecule has 4 heteroatoms. The molecule has 0 unspecified atom stereocenters. The van der Waals surface area contributed by atoms with Crippen molar-refractivity contribution >= 4 is 5.69 Å². The van der Waals surface area contributed by atoms with Crippen LogP contribution in [-0.4, -0.2) is 25.2 Å². The summed E-state index contributed by atoms with van der Waals surface area (Å²) < 4.78 is 10.7. The van der Waals surface area contributed by atoms with E-state index in [9.17, 15) is 0 Å². The Morgan fingerprint density at radius 2 is 2.29 bits per heavy atom. The summed E-state index contributed by atoms with van der Waals surface area (Å²) in [5, 5.41) is 3.06. The van der Waals surface area contributed by atoms with Crippen LogP contribution < -0.4 is 14.8 Å². The topological polar surface area (TPSA) is 43.4 Å². The van der Waals surface area contributed by atoms with Crippen molar-refractivity contribution in [2.45, 2.75) is 18.9 Å². The van der Waals surface area contributed by atoms with Gasteiger partial charge in [-0.1, -0.05) is 0 Å². The number of methoxy groups -OCH3 is 1. The predicted octanol–water partition coefficient (Wildman–Crippen LogP) is 1.67. The van der Waals surface area contributed by atoms with Gasteiger partial charge in [0.15, 0.2) is 5.75 Å². The zero-order chi connectivity index (χ0) is 9.97. The Kier molecular flexibility index (Phi) is 2.43. The molecule has 76 valence electrons. The number of anilines is 1. The molecule has 0 amide bonds. The van der Waals surface area contributed by atoms with Crippen LogP contribution in [0.25, 0.3) is 0 Å². The fourth-order valence-electron chi connectivity index (χ4n) is 1.19. The minimum Gasteiger partial charge on any atom is -0.487 e. The molecule has 1 aromatic rings. The lowest BCUT2D eigenvalue weighted by Crippen LogP contribution is -2.01. The van der Waals surface area contributed by atoms with E-state index >= 15 is 0 Å². The maximum absolute atomic E-state index is 5.67. The van der Waals surface area contributed by atoms with Crippen LogP contribution in [-0.2, 0) is 0 Å². The summed E-state index contributed by atoms with van der Waals surface area (Å²) in [5.41, 5.74) is 0.920. The van der Waals surface area contributed by atoms with Gasteiger partial charge in [0, 0.05) is 13.1 Å². The van der Waals surface area contributed by atoms with E-state index in [1.165, 1.54) is 0 Å². The quantitative estimate of drug-likeness (QED) is 0.791. The molecule has 0 aromatic carbocycles. The first-order valence-electron chi connectivity index (χ1n) is 4.72. The van der Waals surface area contributed by atoms with Crippen LogP contribution in [0.4, 0.5) is 5.69 Å². The van der Waals surface area contributed by atoms with Gasteiger partial charge in [-0.25, -0.2) is 4.98 Å². The molecule has 1 saturated carbocycles. The van der Waals surface area contributed by atoms with Crippen molar-refractivity contribution in [1.29, 1.82) is 0 Å². The largest absolute Gasteiger partial charge is 0.487 e. The van der Waals surface area contributed by atoms with E-state index in [1.807, 2.05) is 13.1 Å². The molecule has 0 saturated heterocycles. The summed E-state index contributed by atoms with van der Waals surface area (Å²) >= 11 is 0. The third kappa shape index (κ3) is 1.89. The minimum atomic E-state index is 0.386. The number of rotatable bonds is 4. The van der Waals surface area contributed by atoms with Gasteiger partial charge in [0.05, 0.1) is 25.1 Å². The van der Waals surface area contributed by atoms with Crippen molar-refractivity contribution in [2.75, 3.05) is 19.5 Å². The Balaban J connectivity index is 2.19. The average molecular weight is 194 g/mol. The molecule has 1 fully saturated rings. The number of pyridine rings is 1. The molecular formula is C10H14N2O2. The first-order chi connectivity index (χ1) is 6.83. The molecular weight excluding hydrogens is 180 g/mol. The lowest BCUT2D eigenvalue weighted by atomic mass is 10.3. The number of nitrogens with one attached hydrogen (secondary N) is 1. The summed E-state index contributed by atoms with van der Waals surface area (Å²) in [6, 6.07) is 1.83. The van der Waals surface area contributed by atoms with Gasteiger partial charge in [0.2, 0.25) is 5.88 Å². The highest BCUT2D eigenvalue weighted by molar-refractivity contribution is 5.56. The van der Waals surface area contributed by atoms with Crippen molar-refractivity contribution in [1.82, 2.24) is 4.98 Å². The molecule has 1 aliphatic carbocycles. The van der Waals surface area contributed by atoms with Crippen LogP contribution in [0.15, 0.2) is 12.3 Å². The van der Waals surface area contributed by atoms with Gasteiger partial charge in [0.25, 0.3) is 0 Å². The summed E-state index contributed by atoms with van der Waals surface area (Å²) in [6.07, 6.45) is 4.38. The molecule has 0 spiro atoms. The summed E-state index contributed by atoms with van der Waals surface area (Å²) in [5.74, 6) is 1.40. The third-order valence-electron chi connectivity index (χ3n) is 2.14. The number of hydrogen-bond acceptors (Lipinski definition) is 4. The molecule has 0 bridgehead atoms. The molecule has 2 rings (SSSR count). The average Bonchev–Trinajstić information content (AvgIpc) is 3.02. The molecule has 14 heavy (non-hydrogen) atoms. The monoisotopic (exact) mass is 194 g/mol. The van der Waals surface area contributed by atoms with Gasteiger partial charge in [-0.2, -0.15) is 0 Å². The predicted molar refractivity (Wildman–Crippen MR) is 54.0 cm³/mol. The van der Waals surface area contributed by atoms with E-state index in [-0.39, 0.29) is 0 Å². The molecule has 0 aliphatic heterocycles. The van der Waals surface area contributed by atoms with Gasteiger partial charge < -0.3 is 14.8 Å². The van der Waals surface area contributed by atoms with E-state index in [4.69, 9.17) is 9.47 Å². The van der Waals surface area contributed by atoms with Crippen molar-refractivity contribution < 1.29 is 9.47 Å². The Labute approximate surface area is 83.2 Å². The zero-order valence-electron chi connectivity index (χ0n) is 8.41. The SMILES string of the molecule is CNc1cc(OC)ncc1OC1CC1. The maximum atomic E-state index is 5.67. The molecule has 1 aromatic heterocycles. The Morgan fingerprint density at radius 1 is 1.50 bits per heavy atom. The number of aromatic nitrogens is 1. The van der Waals surface area contributed by atoms with E-state index in [2.05, 4.69) is 10.3 Å². The standard InChI is InChI=1S/C10H14N2O2/c1-11-8-5-10(13-2)12-6-9(8)14-7-3-4-7/h5-7H,3-4H2,1-2H3,(H,11,12). The molecule has 0 radical (unpaired) electrons. The normalized spacial score (nSPS) is 15.0. The fraction of sp³-hybridized carbons (Fsp3) is 0.500. The van der Waals surface area contributed by atoms with E-state index in [1.54, 1.807) is 13.3 Å². The third-order valence-corrected chi connectivity index (χ3v) is 2.14. The van der Waals surface area contributed by atoms with E-state index in [0.717, 1.165) is 24.3 Å². The van der Waals surface area contributed by atoms with Crippen LogP contribution in [0.5, 0.6) is 11.6 Å². The highest BCUT2D eigenvalue weighted by Gasteiger charge is 2.24. The lowest BCUT2D eigenvalue weighted by molar-refractivity contribution is 0.302. The highest BCUT2D eigenvalue weighted by atomic mass is 16.5. The fourth-order valence-corrected chi connectivity index (χ4v) is 1.19. The smallest absolute Gasteiger partial charge is 0.215 e. The van der Waals surface area contributed by atoms with Crippen LogP contribution in [0, 0.1) is 0 Å². The van der Waals surface area contributed by atoms with Crippen LogP contribution in [0.2, 0.25) is 0 Å². The molecule has 1 aliphatic rings. The first kappa shape index (κ1) is 9.12. The maximum Gasteiger partial charge on any atom is 0.215 e. The molecule has 1 N–H and O–H groups in total. The van der Waals surface area contributed by atoms with E-state index < -0.39 is 0 Å². The number of hydrogen-bond donors (Lipinski definition) is 1. The van der Waals surface area contributed by atoms with Crippen molar-refractivity contribution in [3.63, 3.8) is 0 Å². The van der Waals surface area contributed by atoms with Gasteiger partial charge in [-0.3, -0.25) is 0 Å². The number of nitrogens with zero attached hydrogens (tertiary/aromatic N) is 1. The summed E-state index contributed by atoms with van der Waals surface area (Å²) in [7, 11) is 3.46. The molecule has 4 nitrogen and oxygen atoms in total. The molecule has 0 atom stereocenters. The van der Waals surface area contributed by atoms with Crippen molar-refractivity contribution in [3.05, 3.63) is 12.3 Å². The van der Waals surface area contributed by atoms with Gasteiger partial charge in [-0.05, 0) is 12.8 Å². The lowest BCUT2D eigenvalue weighted by Gasteiger charge is -2.10.